The van der Waals surface area contributed by atoms with Crippen molar-refractivity contribution in [3.05, 3.63) is 53.0 Å². The van der Waals surface area contributed by atoms with Crippen molar-refractivity contribution in [2.45, 2.75) is 44.6 Å². The molecule has 2 aliphatic heterocycles. The lowest BCUT2D eigenvalue weighted by molar-refractivity contribution is -0.120. The highest BCUT2D eigenvalue weighted by atomic mass is 16.5. The van der Waals surface area contributed by atoms with Gasteiger partial charge in [0.25, 0.3) is 0 Å². The van der Waals surface area contributed by atoms with Gasteiger partial charge in [-0.15, -0.1) is 0 Å². The summed E-state index contributed by atoms with van der Waals surface area (Å²) in [6, 6.07) is 5.64. The zero-order valence-corrected chi connectivity index (χ0v) is 17.8. The first kappa shape index (κ1) is 19.5. The van der Waals surface area contributed by atoms with Crippen molar-refractivity contribution in [3.63, 3.8) is 0 Å². The summed E-state index contributed by atoms with van der Waals surface area (Å²) in [7, 11) is 1.59. The highest BCUT2D eigenvalue weighted by molar-refractivity contribution is 6.02. The van der Waals surface area contributed by atoms with Crippen molar-refractivity contribution < 1.29 is 19.1 Å². The summed E-state index contributed by atoms with van der Waals surface area (Å²) in [5.74, 6) is 1.000. The van der Waals surface area contributed by atoms with Gasteiger partial charge in [0.15, 0.2) is 11.4 Å². The number of hydrogen-bond acceptors (Lipinski definition) is 6. The Kier molecular flexibility index (Phi) is 4.46. The van der Waals surface area contributed by atoms with Crippen LogP contribution in [0.1, 0.15) is 53.4 Å². The number of aromatic nitrogens is 3. The number of benzene rings is 1. The molecule has 160 valence electrons. The Labute approximate surface area is 179 Å². The molecule has 0 bridgehead atoms. The second-order valence-electron chi connectivity index (χ2n) is 8.72. The maximum Gasteiger partial charge on any atom is 0.229 e. The van der Waals surface area contributed by atoms with Gasteiger partial charge >= 0.3 is 0 Å². The molecule has 1 unspecified atom stereocenters. The first-order chi connectivity index (χ1) is 14.8. The molecule has 1 saturated heterocycles. The Morgan fingerprint density at radius 2 is 2.23 bits per heavy atom. The predicted octanol–water partition coefficient (Wildman–Crippen LogP) is 2.48. The average molecular weight is 420 g/mol. The van der Waals surface area contributed by atoms with Crippen molar-refractivity contribution in [3.8, 4) is 11.5 Å². The van der Waals surface area contributed by atoms with Crippen LogP contribution in [0.25, 0.3) is 5.65 Å². The molecule has 31 heavy (non-hydrogen) atoms. The highest BCUT2D eigenvalue weighted by Crippen LogP contribution is 2.39. The van der Waals surface area contributed by atoms with E-state index in [2.05, 4.69) is 15.4 Å². The topological polar surface area (TPSA) is 94.8 Å². The van der Waals surface area contributed by atoms with Gasteiger partial charge in [0.2, 0.25) is 5.91 Å². The molecule has 1 fully saturated rings. The molecule has 0 spiro atoms. The molecule has 8 heteroatoms. The second kappa shape index (κ2) is 7.08. The summed E-state index contributed by atoms with van der Waals surface area (Å²) < 4.78 is 13.1. The van der Waals surface area contributed by atoms with E-state index in [1.54, 1.807) is 23.9 Å². The lowest BCUT2D eigenvalue weighted by Crippen LogP contribution is -2.24. The van der Waals surface area contributed by atoms with Crippen LogP contribution in [0.5, 0.6) is 11.5 Å². The van der Waals surface area contributed by atoms with Crippen LogP contribution in [0.4, 0.5) is 0 Å². The minimum Gasteiger partial charge on any atom is -0.496 e. The van der Waals surface area contributed by atoms with Crippen LogP contribution < -0.4 is 14.8 Å². The third-order valence-electron chi connectivity index (χ3n) is 5.91. The third kappa shape index (κ3) is 3.41. The number of methoxy groups -OCH3 is 1. The van der Waals surface area contributed by atoms with Crippen molar-refractivity contribution >= 4 is 17.3 Å². The van der Waals surface area contributed by atoms with Crippen LogP contribution in [-0.4, -0.2) is 45.5 Å². The van der Waals surface area contributed by atoms with Crippen LogP contribution in [-0.2, 0) is 17.6 Å². The maximum absolute atomic E-state index is 13.2. The first-order valence-corrected chi connectivity index (χ1v) is 10.4. The molecular weight excluding hydrogens is 396 g/mol. The van der Waals surface area contributed by atoms with Gasteiger partial charge in [-0.3, -0.25) is 9.59 Å². The van der Waals surface area contributed by atoms with Gasteiger partial charge in [-0.2, -0.15) is 5.10 Å². The van der Waals surface area contributed by atoms with Gasteiger partial charge < -0.3 is 14.8 Å². The monoisotopic (exact) mass is 420 g/mol. The number of rotatable bonds is 5. The molecule has 1 aromatic carbocycles. The number of carbonyl (C=O) groups is 2. The van der Waals surface area contributed by atoms with E-state index in [1.807, 2.05) is 26.0 Å². The molecule has 1 amide bonds. The van der Waals surface area contributed by atoms with E-state index in [1.165, 1.54) is 6.20 Å². The molecule has 3 aromatic rings. The van der Waals surface area contributed by atoms with E-state index in [0.29, 0.717) is 35.6 Å². The molecule has 5 rings (SSSR count). The molecular formula is C23H24N4O4. The molecule has 4 heterocycles. The molecule has 1 N–H and O–H groups in total. The quantitative estimate of drug-likeness (QED) is 0.638. The lowest BCUT2D eigenvalue weighted by Gasteiger charge is -2.17. The Morgan fingerprint density at radius 1 is 1.39 bits per heavy atom. The fourth-order valence-corrected chi connectivity index (χ4v) is 4.43. The van der Waals surface area contributed by atoms with Crippen molar-refractivity contribution in [1.82, 2.24) is 19.9 Å². The molecule has 1 atom stereocenters. The van der Waals surface area contributed by atoms with Gasteiger partial charge in [-0.1, -0.05) is 0 Å². The fourth-order valence-electron chi connectivity index (χ4n) is 4.43. The second-order valence-corrected chi connectivity index (χ2v) is 8.72. The molecule has 2 aromatic heterocycles. The van der Waals surface area contributed by atoms with E-state index < -0.39 is 0 Å². The van der Waals surface area contributed by atoms with Crippen LogP contribution in [0.3, 0.4) is 0 Å². The zero-order chi connectivity index (χ0) is 21.8. The van der Waals surface area contributed by atoms with Gasteiger partial charge in [0, 0.05) is 37.2 Å². The van der Waals surface area contributed by atoms with Crippen molar-refractivity contribution in [1.29, 1.82) is 0 Å². The molecule has 0 radical (unpaired) electrons. The maximum atomic E-state index is 13.2. The average Bonchev–Trinajstić information content (AvgIpc) is 3.41. The van der Waals surface area contributed by atoms with Gasteiger partial charge in [-0.25, -0.2) is 9.50 Å². The van der Waals surface area contributed by atoms with Crippen LogP contribution >= 0.6 is 0 Å². The van der Waals surface area contributed by atoms with E-state index in [-0.39, 0.29) is 29.6 Å². The number of fused-ring (bicyclic) bond motifs is 2. The SMILES string of the molecule is COc1cc2c(cc1CC(=O)c1cnn3ccc(C4CCNC4=O)nc13)CC(C)(C)O2. The standard InChI is InChI=1S/C23H24N4O4/c1-23(2)11-14-8-13(19(30-3)10-20(14)31-23)9-18(28)16-12-25-27-7-5-17(26-21(16)27)15-4-6-24-22(15)29/h5,7-8,10,12,15H,4,6,9,11H2,1-3H3,(H,24,29). The number of carbonyl (C=O) groups excluding carboxylic acids is 2. The molecule has 0 aliphatic carbocycles. The number of Topliss-reactive ketones (excluding diaryl/α,β-unsaturated/α-hetero) is 1. The van der Waals surface area contributed by atoms with E-state index >= 15 is 0 Å². The van der Waals surface area contributed by atoms with Crippen molar-refractivity contribution in [2.75, 3.05) is 13.7 Å². The summed E-state index contributed by atoms with van der Waals surface area (Å²) >= 11 is 0. The number of hydrogen-bond donors (Lipinski definition) is 1. The molecule has 0 saturated carbocycles. The number of nitrogens with one attached hydrogen (secondary N) is 1. The number of nitrogens with zero attached hydrogens (tertiary/aromatic N) is 3. The van der Waals surface area contributed by atoms with Crippen LogP contribution in [0.15, 0.2) is 30.6 Å². The lowest BCUT2D eigenvalue weighted by atomic mass is 9.97. The van der Waals surface area contributed by atoms with E-state index in [4.69, 9.17) is 9.47 Å². The van der Waals surface area contributed by atoms with Crippen LogP contribution in [0.2, 0.25) is 0 Å². The molecule has 8 nitrogen and oxygen atoms in total. The van der Waals surface area contributed by atoms with Gasteiger partial charge in [-0.05, 0) is 38.0 Å². The third-order valence-corrected chi connectivity index (χ3v) is 5.91. The Bertz CT molecular complexity index is 1210. The Hall–Kier alpha value is -3.42. The zero-order valence-electron chi connectivity index (χ0n) is 17.8. The van der Waals surface area contributed by atoms with Crippen LogP contribution in [0, 0.1) is 0 Å². The summed E-state index contributed by atoms with van der Waals surface area (Å²) in [4.78, 5) is 29.9. The van der Waals surface area contributed by atoms with Gasteiger partial charge in [0.05, 0.1) is 30.5 Å². The van der Waals surface area contributed by atoms with E-state index in [9.17, 15) is 9.59 Å². The summed E-state index contributed by atoms with van der Waals surface area (Å²) in [6.45, 7) is 4.72. The molecule has 2 aliphatic rings. The fraction of sp³-hybridized carbons (Fsp3) is 0.391. The highest BCUT2D eigenvalue weighted by Gasteiger charge is 2.32. The number of ether oxygens (including phenoxy) is 2. The summed E-state index contributed by atoms with van der Waals surface area (Å²) in [5, 5.41) is 7.10. The summed E-state index contributed by atoms with van der Waals surface area (Å²) in [6.07, 6.45) is 4.92. The largest absolute Gasteiger partial charge is 0.496 e. The van der Waals surface area contributed by atoms with E-state index in [0.717, 1.165) is 23.3 Å². The summed E-state index contributed by atoms with van der Waals surface area (Å²) in [5.41, 5.74) is 3.16. The predicted molar refractivity (Wildman–Crippen MR) is 113 cm³/mol. The minimum atomic E-state index is -0.289. The van der Waals surface area contributed by atoms with Gasteiger partial charge in [0.1, 0.15) is 17.1 Å². The Balaban J connectivity index is 1.47. The smallest absolute Gasteiger partial charge is 0.229 e. The number of ketones is 1. The number of amides is 1. The first-order valence-electron chi connectivity index (χ1n) is 10.4. The van der Waals surface area contributed by atoms with Crippen molar-refractivity contribution in [2.24, 2.45) is 0 Å². The normalized spacial score (nSPS) is 19.2. The minimum absolute atomic E-state index is 0.0303. The Morgan fingerprint density at radius 3 is 2.97 bits per heavy atom.